The van der Waals surface area contributed by atoms with Gasteiger partial charge in [-0.1, -0.05) is 34.4 Å². The lowest BCUT2D eigenvalue weighted by molar-refractivity contribution is -0.119. The monoisotopic (exact) mass is 555 g/mol. The van der Waals surface area contributed by atoms with Crippen molar-refractivity contribution in [3.63, 3.8) is 0 Å². The van der Waals surface area contributed by atoms with Crippen molar-refractivity contribution in [1.82, 2.24) is 15.9 Å². The van der Waals surface area contributed by atoms with Gasteiger partial charge in [0.2, 0.25) is 5.91 Å². The second-order valence-corrected chi connectivity index (χ2v) is 10.6. The largest absolute Gasteiger partial charge is 0.373 e. The molecule has 0 spiro atoms. The number of nitrogens with one attached hydrogen (secondary N) is 2. The second kappa shape index (κ2) is 10.6. The molecule has 3 aliphatic rings. The number of rotatable bonds is 7. The molecular weight excluding hydrogens is 529 g/mol. The lowest BCUT2D eigenvalue weighted by atomic mass is 10.0. The van der Waals surface area contributed by atoms with E-state index < -0.39 is 6.03 Å². The number of hydrogen-bond donors (Lipinski definition) is 2. The number of halogens is 2. The number of carbonyl (C=O) groups excluding carboxylic acids is 2. The molecule has 1 aliphatic carbocycles. The van der Waals surface area contributed by atoms with Crippen LogP contribution in [-0.4, -0.2) is 42.8 Å². The van der Waals surface area contributed by atoms with Crippen LogP contribution < -0.4 is 20.7 Å². The van der Waals surface area contributed by atoms with Crippen molar-refractivity contribution in [2.24, 2.45) is 0 Å². The SMILES string of the molecule is O=C1CNN(c2ccc(N3CCC(OCc4c(-c5c(Cl)cccc5Cl)noc4C4CC4)CC3)cc2)C(=O)N1. The zero-order chi connectivity index (χ0) is 26.2. The summed E-state index contributed by atoms with van der Waals surface area (Å²) in [5, 5.41) is 9.08. The van der Waals surface area contributed by atoms with E-state index in [1.165, 1.54) is 5.01 Å². The molecule has 3 heterocycles. The average molecular weight is 556 g/mol. The number of anilines is 2. The first-order chi connectivity index (χ1) is 18.5. The van der Waals surface area contributed by atoms with Gasteiger partial charge in [0.15, 0.2) is 0 Å². The second-order valence-electron chi connectivity index (χ2n) is 9.78. The summed E-state index contributed by atoms with van der Waals surface area (Å²) < 4.78 is 12.2. The molecule has 1 saturated carbocycles. The van der Waals surface area contributed by atoms with Gasteiger partial charge < -0.3 is 14.2 Å². The van der Waals surface area contributed by atoms with Crippen LogP contribution in [0.2, 0.25) is 10.0 Å². The minimum atomic E-state index is -0.482. The highest BCUT2D eigenvalue weighted by molar-refractivity contribution is 6.39. The zero-order valence-electron chi connectivity index (χ0n) is 20.6. The Bertz CT molecular complexity index is 1330. The van der Waals surface area contributed by atoms with Crippen LogP contribution in [0.1, 0.15) is 42.9 Å². The number of hydrogen-bond acceptors (Lipinski definition) is 7. The third-order valence-electron chi connectivity index (χ3n) is 7.19. The number of carbonyl (C=O) groups is 2. The van der Waals surface area contributed by atoms with Crippen molar-refractivity contribution in [1.29, 1.82) is 0 Å². The lowest BCUT2D eigenvalue weighted by Crippen LogP contribution is -2.59. The van der Waals surface area contributed by atoms with Crippen LogP contribution in [0.5, 0.6) is 0 Å². The van der Waals surface area contributed by atoms with Crippen LogP contribution in [0.25, 0.3) is 11.3 Å². The fourth-order valence-corrected chi connectivity index (χ4v) is 5.57. The molecule has 2 aliphatic heterocycles. The summed E-state index contributed by atoms with van der Waals surface area (Å²) in [4.78, 5) is 25.7. The summed E-state index contributed by atoms with van der Waals surface area (Å²) in [6, 6.07) is 12.7. The number of amides is 3. The Morgan fingerprint density at radius 2 is 1.66 bits per heavy atom. The first-order valence-electron chi connectivity index (χ1n) is 12.7. The standard InChI is InChI=1S/C27H27Cl2N5O4/c28-21-2-1-3-22(29)24(21)25-20(26(38-32-25)16-4-5-16)15-37-19-10-12-33(13-11-19)17-6-8-18(9-7-17)34-27(36)31-23(35)14-30-34/h1-3,6-9,16,19,30H,4-5,10-15H2,(H,31,35,36). The molecule has 1 aromatic heterocycles. The Morgan fingerprint density at radius 3 is 2.32 bits per heavy atom. The van der Waals surface area contributed by atoms with Gasteiger partial charge in [-0.25, -0.2) is 15.2 Å². The van der Waals surface area contributed by atoms with Gasteiger partial charge in [-0.15, -0.1) is 0 Å². The predicted molar refractivity (Wildman–Crippen MR) is 144 cm³/mol. The summed E-state index contributed by atoms with van der Waals surface area (Å²) in [5.74, 6) is 0.923. The van der Waals surface area contributed by atoms with Crippen LogP contribution >= 0.6 is 23.2 Å². The summed E-state index contributed by atoms with van der Waals surface area (Å²) in [6.07, 6.45) is 4.05. The molecule has 6 rings (SSSR count). The molecule has 0 atom stereocenters. The van der Waals surface area contributed by atoms with E-state index in [4.69, 9.17) is 32.5 Å². The molecule has 9 nitrogen and oxygen atoms in total. The number of urea groups is 1. The third kappa shape index (κ3) is 5.11. The van der Waals surface area contributed by atoms with Gasteiger partial charge in [-0.05, 0) is 62.1 Å². The van der Waals surface area contributed by atoms with Crippen molar-refractivity contribution < 1.29 is 18.8 Å². The van der Waals surface area contributed by atoms with E-state index in [2.05, 4.69) is 20.8 Å². The maximum absolute atomic E-state index is 12.1. The van der Waals surface area contributed by atoms with Gasteiger partial charge in [0.25, 0.3) is 0 Å². The summed E-state index contributed by atoms with van der Waals surface area (Å²) >= 11 is 13.0. The number of piperidine rings is 1. The molecule has 3 fully saturated rings. The van der Waals surface area contributed by atoms with Crippen LogP contribution in [0, 0.1) is 0 Å². The fraction of sp³-hybridized carbons (Fsp3) is 0.370. The minimum absolute atomic E-state index is 0.0605. The van der Waals surface area contributed by atoms with Crippen LogP contribution in [-0.2, 0) is 16.1 Å². The fourth-order valence-electron chi connectivity index (χ4n) is 4.99. The quantitative estimate of drug-likeness (QED) is 0.409. The van der Waals surface area contributed by atoms with Crippen molar-refractivity contribution >= 4 is 46.5 Å². The summed E-state index contributed by atoms with van der Waals surface area (Å²) in [6.45, 7) is 2.16. The van der Waals surface area contributed by atoms with Crippen molar-refractivity contribution in [2.75, 3.05) is 29.5 Å². The van der Waals surface area contributed by atoms with Gasteiger partial charge >= 0.3 is 6.03 Å². The van der Waals surface area contributed by atoms with Crippen molar-refractivity contribution in [2.45, 2.75) is 44.3 Å². The first-order valence-corrected chi connectivity index (χ1v) is 13.5. The van der Waals surface area contributed by atoms with Crippen LogP contribution in [0.15, 0.2) is 47.0 Å². The molecule has 2 saturated heterocycles. The zero-order valence-corrected chi connectivity index (χ0v) is 22.1. The lowest BCUT2D eigenvalue weighted by Gasteiger charge is -2.34. The smallest absolute Gasteiger partial charge is 0.343 e. The van der Waals surface area contributed by atoms with Crippen molar-refractivity contribution in [3.05, 3.63) is 63.8 Å². The molecular formula is C27H27Cl2N5O4. The van der Waals surface area contributed by atoms with Gasteiger partial charge in [0.1, 0.15) is 11.5 Å². The topological polar surface area (TPSA) is 99.9 Å². The van der Waals surface area contributed by atoms with E-state index in [-0.39, 0.29) is 18.6 Å². The Kier molecular flexibility index (Phi) is 7.01. The van der Waals surface area contributed by atoms with Gasteiger partial charge in [0, 0.05) is 35.8 Å². The molecule has 2 N–H and O–H groups in total. The Morgan fingerprint density at radius 1 is 0.974 bits per heavy atom. The summed E-state index contributed by atoms with van der Waals surface area (Å²) in [5.41, 5.74) is 6.86. The Hall–Kier alpha value is -3.11. The maximum atomic E-state index is 12.1. The van der Waals surface area contributed by atoms with Gasteiger partial charge in [-0.3, -0.25) is 10.1 Å². The van der Waals surface area contributed by atoms with E-state index in [9.17, 15) is 9.59 Å². The van der Waals surface area contributed by atoms with Crippen LogP contribution in [0.3, 0.4) is 0 Å². The number of aromatic nitrogens is 1. The van der Waals surface area contributed by atoms with Gasteiger partial charge in [-0.2, -0.15) is 0 Å². The molecule has 0 radical (unpaired) electrons. The van der Waals surface area contributed by atoms with Crippen LogP contribution in [0.4, 0.5) is 16.2 Å². The molecule has 11 heteroatoms. The molecule has 2 aromatic carbocycles. The normalized spacial score (nSPS) is 18.7. The summed E-state index contributed by atoms with van der Waals surface area (Å²) in [7, 11) is 0. The van der Waals surface area contributed by atoms with E-state index in [0.29, 0.717) is 39.5 Å². The number of imide groups is 1. The Balaban J connectivity index is 1.08. The third-order valence-corrected chi connectivity index (χ3v) is 7.82. The van der Waals surface area contributed by atoms with E-state index >= 15 is 0 Å². The van der Waals surface area contributed by atoms with E-state index in [0.717, 1.165) is 55.8 Å². The first kappa shape index (κ1) is 25.2. The van der Waals surface area contributed by atoms with Crippen molar-refractivity contribution in [3.8, 4) is 11.3 Å². The number of hydrazine groups is 1. The van der Waals surface area contributed by atoms with E-state index in [1.54, 1.807) is 12.1 Å². The molecule has 3 amide bonds. The number of nitrogens with zero attached hydrogens (tertiary/aromatic N) is 3. The molecule has 0 bridgehead atoms. The maximum Gasteiger partial charge on any atom is 0.343 e. The highest BCUT2D eigenvalue weighted by Crippen LogP contribution is 2.46. The number of ether oxygens (including phenoxy) is 1. The van der Waals surface area contributed by atoms with Gasteiger partial charge in [0.05, 0.1) is 35.0 Å². The highest BCUT2D eigenvalue weighted by Gasteiger charge is 2.34. The molecule has 198 valence electrons. The molecule has 38 heavy (non-hydrogen) atoms. The Labute approximate surface area is 230 Å². The highest BCUT2D eigenvalue weighted by atomic mass is 35.5. The molecule has 3 aromatic rings. The predicted octanol–water partition coefficient (Wildman–Crippen LogP) is 5.27. The average Bonchev–Trinajstić information content (AvgIpc) is 3.68. The van der Waals surface area contributed by atoms with E-state index in [1.807, 2.05) is 30.3 Å². The number of benzene rings is 2. The minimum Gasteiger partial charge on any atom is -0.373 e. The molecule has 0 unspecified atom stereocenters.